The van der Waals surface area contributed by atoms with Gasteiger partial charge in [-0.3, -0.25) is 0 Å². The third-order valence-electron chi connectivity index (χ3n) is 4.09. The lowest BCUT2D eigenvalue weighted by atomic mass is 9.95. The number of fused-ring (bicyclic) bond motifs is 1. The van der Waals surface area contributed by atoms with Gasteiger partial charge < -0.3 is 15.2 Å². The van der Waals surface area contributed by atoms with Gasteiger partial charge in [0.05, 0.1) is 6.54 Å². The van der Waals surface area contributed by atoms with Gasteiger partial charge in [-0.05, 0) is 37.0 Å². The molecule has 1 fully saturated rings. The molecular weight excluding hydrogens is 257 g/mol. The second kappa shape index (κ2) is 5.31. The summed E-state index contributed by atoms with van der Waals surface area (Å²) in [6.45, 7) is 4.04. The van der Waals surface area contributed by atoms with Crippen LogP contribution in [0.1, 0.15) is 36.7 Å². The van der Waals surface area contributed by atoms with E-state index in [1.54, 1.807) is 6.08 Å². The van der Waals surface area contributed by atoms with Crippen LogP contribution in [0.25, 0.3) is 6.08 Å². The topological polar surface area (TPSA) is 48.1 Å². The predicted molar refractivity (Wildman–Crippen MR) is 75.8 cm³/mol. The van der Waals surface area contributed by atoms with Crippen molar-refractivity contribution in [3.05, 3.63) is 28.8 Å². The zero-order valence-corrected chi connectivity index (χ0v) is 11.7. The molecule has 1 saturated heterocycles. The molecule has 1 aliphatic heterocycles. The maximum absolute atomic E-state index is 13.6. The van der Waals surface area contributed by atoms with Gasteiger partial charge in [0, 0.05) is 30.4 Å². The van der Waals surface area contributed by atoms with Gasteiger partial charge in [-0.1, -0.05) is 6.92 Å². The van der Waals surface area contributed by atoms with Crippen molar-refractivity contribution in [2.45, 2.75) is 32.7 Å². The van der Waals surface area contributed by atoms with Crippen LogP contribution in [0.2, 0.25) is 0 Å². The number of rotatable bonds is 2. The Morgan fingerprint density at radius 1 is 1.50 bits per heavy atom. The Hall–Kier alpha value is -1.78. The van der Waals surface area contributed by atoms with Crippen LogP contribution in [0.3, 0.4) is 0 Å². The summed E-state index contributed by atoms with van der Waals surface area (Å²) < 4.78 is 13.6. The lowest BCUT2D eigenvalue weighted by Crippen LogP contribution is -2.37. The smallest absolute Gasteiger partial charge is 0.317 e. The van der Waals surface area contributed by atoms with E-state index < -0.39 is 0 Å². The molecule has 2 amide bonds. The maximum atomic E-state index is 13.6. The lowest BCUT2D eigenvalue weighted by Gasteiger charge is -2.15. The first-order valence-electron chi connectivity index (χ1n) is 7.24. The summed E-state index contributed by atoms with van der Waals surface area (Å²) in [6, 6.07) is 1.91. The maximum Gasteiger partial charge on any atom is 0.317 e. The van der Waals surface area contributed by atoms with Crippen LogP contribution in [0.5, 0.6) is 0 Å². The number of nitrogens with zero attached hydrogens (tertiary/aromatic N) is 1. The van der Waals surface area contributed by atoms with E-state index in [9.17, 15) is 9.18 Å². The Kier molecular flexibility index (Phi) is 3.51. The van der Waals surface area contributed by atoms with Crippen LogP contribution in [0, 0.1) is 5.92 Å². The molecule has 2 aliphatic rings. The van der Waals surface area contributed by atoms with Crippen molar-refractivity contribution in [1.82, 2.24) is 15.2 Å². The molecule has 3 rings (SSSR count). The van der Waals surface area contributed by atoms with Crippen molar-refractivity contribution in [3.8, 4) is 0 Å². The van der Waals surface area contributed by atoms with E-state index in [0.29, 0.717) is 13.0 Å². The summed E-state index contributed by atoms with van der Waals surface area (Å²) in [5, 5.41) is 2.91. The number of hydrogen-bond donors (Lipinski definition) is 2. The molecule has 0 radical (unpaired) electrons. The van der Waals surface area contributed by atoms with E-state index in [-0.39, 0.29) is 17.8 Å². The molecule has 5 heteroatoms. The molecular formula is C15H20FN3O. The van der Waals surface area contributed by atoms with Crippen LogP contribution in [0.4, 0.5) is 9.18 Å². The van der Waals surface area contributed by atoms with E-state index in [1.807, 2.05) is 17.9 Å². The Bertz CT molecular complexity index is 543. The van der Waals surface area contributed by atoms with Crippen LogP contribution in [0.15, 0.2) is 11.9 Å². The molecule has 0 spiro atoms. The van der Waals surface area contributed by atoms with Crippen molar-refractivity contribution in [3.63, 3.8) is 0 Å². The summed E-state index contributed by atoms with van der Waals surface area (Å²) >= 11 is 0. The van der Waals surface area contributed by atoms with Gasteiger partial charge in [-0.2, -0.15) is 0 Å². The molecule has 108 valence electrons. The highest BCUT2D eigenvalue weighted by Crippen LogP contribution is 2.29. The van der Waals surface area contributed by atoms with Gasteiger partial charge in [0.15, 0.2) is 0 Å². The number of carbonyl (C=O) groups excluding carboxylic acids is 1. The van der Waals surface area contributed by atoms with Crippen LogP contribution < -0.4 is 5.32 Å². The Morgan fingerprint density at radius 2 is 2.25 bits per heavy atom. The third-order valence-corrected chi connectivity index (χ3v) is 4.09. The van der Waals surface area contributed by atoms with E-state index >= 15 is 0 Å². The van der Waals surface area contributed by atoms with Crippen LogP contribution in [-0.2, 0) is 13.0 Å². The van der Waals surface area contributed by atoms with Crippen LogP contribution in [-0.4, -0.2) is 29.0 Å². The number of nitrogens with one attached hydrogen (secondary N) is 2. The first kappa shape index (κ1) is 13.2. The number of aromatic amines is 1. The average molecular weight is 277 g/mol. The fourth-order valence-electron chi connectivity index (χ4n) is 2.87. The van der Waals surface area contributed by atoms with E-state index in [0.717, 1.165) is 42.9 Å². The quantitative estimate of drug-likeness (QED) is 0.858. The number of hydrogen-bond acceptors (Lipinski definition) is 1. The first-order chi connectivity index (χ1) is 9.63. The number of halogens is 1. The molecule has 2 heterocycles. The van der Waals surface area contributed by atoms with E-state index in [1.165, 1.54) is 0 Å². The molecule has 4 nitrogen and oxygen atoms in total. The highest BCUT2D eigenvalue weighted by molar-refractivity contribution is 5.74. The van der Waals surface area contributed by atoms with Crippen molar-refractivity contribution in [2.75, 3.05) is 13.1 Å². The monoisotopic (exact) mass is 277 g/mol. The van der Waals surface area contributed by atoms with Gasteiger partial charge in [0.2, 0.25) is 0 Å². The molecule has 1 aromatic rings. The Morgan fingerprint density at radius 3 is 3.00 bits per heavy atom. The first-order valence-corrected chi connectivity index (χ1v) is 7.24. The molecule has 1 aromatic heterocycles. The second-order valence-corrected chi connectivity index (χ2v) is 5.72. The average Bonchev–Trinajstić information content (AvgIpc) is 3.05. The highest BCUT2D eigenvalue weighted by atomic mass is 19.1. The zero-order chi connectivity index (χ0) is 14.1. The predicted octanol–water partition coefficient (Wildman–Crippen LogP) is 2.82. The fourth-order valence-corrected chi connectivity index (χ4v) is 2.87. The van der Waals surface area contributed by atoms with Gasteiger partial charge in [-0.25, -0.2) is 9.18 Å². The molecule has 1 unspecified atom stereocenters. The minimum Gasteiger partial charge on any atom is -0.360 e. The third kappa shape index (κ3) is 2.57. The Labute approximate surface area is 118 Å². The van der Waals surface area contributed by atoms with Crippen molar-refractivity contribution < 1.29 is 9.18 Å². The molecule has 20 heavy (non-hydrogen) atoms. The normalized spacial score (nSPS) is 21.6. The summed E-state index contributed by atoms with van der Waals surface area (Å²) in [7, 11) is 0. The summed E-state index contributed by atoms with van der Waals surface area (Å²) in [4.78, 5) is 17.0. The van der Waals surface area contributed by atoms with Gasteiger partial charge in [0.25, 0.3) is 0 Å². The summed E-state index contributed by atoms with van der Waals surface area (Å²) in [6.07, 6.45) is 4.46. The SMILES string of the molecule is CC1Cc2[nH]c(CNC(=O)N3CCCC3)cc2C=C1F. The standard InChI is InChI=1S/C15H20FN3O/c1-10-6-14-11(8-13(10)16)7-12(18-14)9-17-15(20)19-4-2-3-5-19/h7-8,10,18H,2-6,9H2,1H3,(H,17,20). The van der Waals surface area contributed by atoms with Gasteiger partial charge in [0.1, 0.15) is 5.83 Å². The fraction of sp³-hybridized carbons (Fsp3) is 0.533. The number of aromatic nitrogens is 1. The zero-order valence-electron chi connectivity index (χ0n) is 11.7. The van der Waals surface area contributed by atoms with Crippen molar-refractivity contribution in [2.24, 2.45) is 5.92 Å². The molecule has 1 aliphatic carbocycles. The minimum atomic E-state index is -0.0656. The van der Waals surface area contributed by atoms with Gasteiger partial charge in [-0.15, -0.1) is 0 Å². The van der Waals surface area contributed by atoms with Crippen molar-refractivity contribution in [1.29, 1.82) is 0 Å². The van der Waals surface area contributed by atoms with Crippen molar-refractivity contribution >= 4 is 12.1 Å². The van der Waals surface area contributed by atoms with E-state index in [2.05, 4.69) is 10.3 Å². The highest BCUT2D eigenvalue weighted by Gasteiger charge is 2.21. The number of allylic oxidation sites excluding steroid dienone is 1. The molecule has 2 N–H and O–H groups in total. The number of amides is 2. The lowest BCUT2D eigenvalue weighted by molar-refractivity contribution is 0.208. The molecule has 0 aromatic carbocycles. The summed E-state index contributed by atoms with van der Waals surface area (Å²) in [5.74, 6) is -0.127. The number of H-pyrrole nitrogens is 1. The number of likely N-dealkylation sites (tertiary alicyclic amines) is 1. The van der Waals surface area contributed by atoms with Gasteiger partial charge >= 0.3 is 6.03 Å². The molecule has 0 saturated carbocycles. The number of urea groups is 1. The molecule has 0 bridgehead atoms. The molecule has 1 atom stereocenters. The number of carbonyl (C=O) groups is 1. The van der Waals surface area contributed by atoms with Crippen LogP contribution >= 0.6 is 0 Å². The second-order valence-electron chi connectivity index (χ2n) is 5.72. The Balaban J connectivity index is 1.62. The summed E-state index contributed by atoms with van der Waals surface area (Å²) in [5.41, 5.74) is 2.90. The largest absolute Gasteiger partial charge is 0.360 e. The van der Waals surface area contributed by atoms with E-state index in [4.69, 9.17) is 0 Å². The minimum absolute atomic E-state index is 0.00911.